The fourth-order valence-corrected chi connectivity index (χ4v) is 2.60. The maximum absolute atomic E-state index is 11.8. The summed E-state index contributed by atoms with van der Waals surface area (Å²) in [4.78, 5) is 0. The summed E-state index contributed by atoms with van der Waals surface area (Å²) in [5, 5.41) is 0. The fourth-order valence-electron chi connectivity index (χ4n) is 1.21. The van der Waals surface area contributed by atoms with Crippen LogP contribution in [0.2, 0.25) is 0 Å². The molecule has 1 aromatic rings. The van der Waals surface area contributed by atoms with E-state index in [-0.39, 0.29) is 11.2 Å². The molecule has 0 bridgehead atoms. The number of hydrogen-bond acceptors (Lipinski definition) is 3. The van der Waals surface area contributed by atoms with Crippen LogP contribution < -0.4 is 10.5 Å². The molecule has 4 nitrogen and oxygen atoms in total. The second-order valence-corrected chi connectivity index (χ2v) is 7.19. The first-order valence-corrected chi connectivity index (χ1v) is 7.15. The van der Waals surface area contributed by atoms with E-state index in [1.807, 2.05) is 20.8 Å². The van der Waals surface area contributed by atoms with Crippen molar-refractivity contribution >= 4 is 15.7 Å². The minimum absolute atomic E-state index is 0.0106. The third-order valence-electron chi connectivity index (χ3n) is 2.16. The number of anilines is 1. The number of sulfonamides is 1. The van der Waals surface area contributed by atoms with E-state index in [2.05, 4.69) is 4.72 Å². The van der Waals surface area contributed by atoms with Gasteiger partial charge in [-0.25, -0.2) is 13.1 Å². The highest BCUT2D eigenvalue weighted by molar-refractivity contribution is 7.88. The van der Waals surface area contributed by atoms with Crippen molar-refractivity contribution in [3.63, 3.8) is 0 Å². The molecule has 0 aliphatic carbocycles. The predicted molar refractivity (Wildman–Crippen MR) is 70.9 cm³/mol. The Morgan fingerprint density at radius 2 is 1.71 bits per heavy atom. The summed E-state index contributed by atoms with van der Waals surface area (Å²) in [6.45, 7) is 6.39. The molecule has 3 N–H and O–H groups in total. The standard InChI is InChI=1S/C12H20N2O2S/c1-12(2,3)9-14-17(15,16)8-10-4-6-11(13)7-5-10/h4-7,14H,8-9,13H2,1-3H3. The van der Waals surface area contributed by atoms with E-state index in [1.165, 1.54) is 0 Å². The van der Waals surface area contributed by atoms with E-state index in [0.717, 1.165) is 5.56 Å². The molecule has 0 spiro atoms. The highest BCUT2D eigenvalue weighted by Crippen LogP contribution is 2.13. The number of nitrogens with two attached hydrogens (primary N) is 1. The molecule has 5 heteroatoms. The van der Waals surface area contributed by atoms with Crippen LogP contribution in [-0.4, -0.2) is 15.0 Å². The van der Waals surface area contributed by atoms with Gasteiger partial charge in [-0.15, -0.1) is 0 Å². The minimum Gasteiger partial charge on any atom is -0.399 e. The highest BCUT2D eigenvalue weighted by Gasteiger charge is 2.16. The zero-order valence-electron chi connectivity index (χ0n) is 10.5. The third kappa shape index (κ3) is 5.70. The summed E-state index contributed by atoms with van der Waals surface area (Å²) in [6.07, 6.45) is 0. The Labute approximate surface area is 103 Å². The van der Waals surface area contributed by atoms with Crippen LogP contribution in [0.4, 0.5) is 5.69 Å². The number of nitrogen functional groups attached to an aromatic ring is 1. The quantitative estimate of drug-likeness (QED) is 0.806. The fraction of sp³-hybridized carbons (Fsp3) is 0.500. The average Bonchev–Trinajstić information content (AvgIpc) is 2.18. The first-order chi connectivity index (χ1) is 7.68. The van der Waals surface area contributed by atoms with Crippen LogP contribution in [0.1, 0.15) is 26.3 Å². The van der Waals surface area contributed by atoms with Gasteiger partial charge in [-0.05, 0) is 23.1 Å². The van der Waals surface area contributed by atoms with Gasteiger partial charge in [0.1, 0.15) is 0 Å². The maximum atomic E-state index is 11.8. The van der Waals surface area contributed by atoms with Crippen molar-refractivity contribution in [2.24, 2.45) is 5.41 Å². The van der Waals surface area contributed by atoms with E-state index in [4.69, 9.17) is 5.73 Å². The summed E-state index contributed by atoms with van der Waals surface area (Å²) in [7, 11) is -3.27. The maximum Gasteiger partial charge on any atom is 0.215 e. The number of benzene rings is 1. The average molecular weight is 256 g/mol. The van der Waals surface area contributed by atoms with Gasteiger partial charge in [0.2, 0.25) is 10.0 Å². The lowest BCUT2D eigenvalue weighted by Gasteiger charge is -2.18. The molecule has 0 aliphatic heterocycles. The summed E-state index contributed by atoms with van der Waals surface area (Å²) >= 11 is 0. The van der Waals surface area contributed by atoms with Crippen LogP contribution in [0.3, 0.4) is 0 Å². The van der Waals surface area contributed by atoms with Gasteiger partial charge < -0.3 is 5.73 Å². The van der Waals surface area contributed by atoms with Crippen molar-refractivity contribution in [3.05, 3.63) is 29.8 Å². The zero-order chi connectivity index (χ0) is 13.1. The van der Waals surface area contributed by atoms with Gasteiger partial charge in [-0.3, -0.25) is 0 Å². The van der Waals surface area contributed by atoms with Crippen molar-refractivity contribution < 1.29 is 8.42 Å². The summed E-state index contributed by atoms with van der Waals surface area (Å²) < 4.78 is 26.2. The Balaban J connectivity index is 2.64. The first kappa shape index (κ1) is 14.0. The Kier molecular flexibility index (Phi) is 4.16. The molecule has 0 fully saturated rings. The largest absolute Gasteiger partial charge is 0.399 e. The van der Waals surface area contributed by atoms with Crippen molar-refractivity contribution in [2.45, 2.75) is 26.5 Å². The van der Waals surface area contributed by atoms with Crippen LogP contribution >= 0.6 is 0 Å². The molecule has 1 rings (SSSR count). The van der Waals surface area contributed by atoms with E-state index < -0.39 is 10.0 Å². The van der Waals surface area contributed by atoms with Gasteiger partial charge in [0.15, 0.2) is 0 Å². The van der Waals surface area contributed by atoms with E-state index in [9.17, 15) is 8.42 Å². The topological polar surface area (TPSA) is 72.2 Å². The van der Waals surface area contributed by atoms with Crippen LogP contribution in [0.15, 0.2) is 24.3 Å². The van der Waals surface area contributed by atoms with Crippen LogP contribution in [0, 0.1) is 5.41 Å². The molecule has 0 saturated heterocycles. The number of hydrogen-bond donors (Lipinski definition) is 2. The SMILES string of the molecule is CC(C)(C)CNS(=O)(=O)Cc1ccc(N)cc1. The summed E-state index contributed by atoms with van der Waals surface area (Å²) in [5.74, 6) is -0.0106. The zero-order valence-corrected chi connectivity index (χ0v) is 11.3. The molecule has 0 aromatic heterocycles. The normalized spacial score (nSPS) is 12.6. The lowest BCUT2D eigenvalue weighted by atomic mass is 9.98. The molecule has 0 atom stereocenters. The van der Waals surface area contributed by atoms with Crippen molar-refractivity contribution in [1.82, 2.24) is 4.72 Å². The Morgan fingerprint density at radius 1 is 1.18 bits per heavy atom. The lowest BCUT2D eigenvalue weighted by molar-refractivity contribution is 0.407. The van der Waals surface area contributed by atoms with E-state index in [1.54, 1.807) is 24.3 Å². The molecule has 0 saturated carbocycles. The second kappa shape index (κ2) is 5.06. The van der Waals surface area contributed by atoms with Crippen LogP contribution in [0.25, 0.3) is 0 Å². The van der Waals surface area contributed by atoms with Gasteiger partial charge in [-0.2, -0.15) is 0 Å². The summed E-state index contributed by atoms with van der Waals surface area (Å²) in [5.41, 5.74) is 6.85. The predicted octanol–water partition coefficient (Wildman–Crippen LogP) is 1.73. The molecule has 0 radical (unpaired) electrons. The molecule has 0 unspecified atom stereocenters. The molecule has 1 aromatic carbocycles. The van der Waals surface area contributed by atoms with Gasteiger partial charge in [0, 0.05) is 12.2 Å². The molecule has 96 valence electrons. The smallest absolute Gasteiger partial charge is 0.215 e. The molecule has 0 amide bonds. The van der Waals surface area contributed by atoms with Crippen molar-refractivity contribution in [1.29, 1.82) is 0 Å². The van der Waals surface area contributed by atoms with Crippen molar-refractivity contribution in [3.8, 4) is 0 Å². The third-order valence-corrected chi connectivity index (χ3v) is 3.46. The molecule has 0 aliphatic rings. The first-order valence-electron chi connectivity index (χ1n) is 5.50. The Morgan fingerprint density at radius 3 is 2.18 bits per heavy atom. The van der Waals surface area contributed by atoms with E-state index >= 15 is 0 Å². The number of nitrogens with one attached hydrogen (secondary N) is 1. The number of rotatable bonds is 4. The molecule has 0 heterocycles. The van der Waals surface area contributed by atoms with E-state index in [0.29, 0.717) is 12.2 Å². The van der Waals surface area contributed by atoms with Crippen molar-refractivity contribution in [2.75, 3.05) is 12.3 Å². The molecular weight excluding hydrogens is 236 g/mol. The van der Waals surface area contributed by atoms with Gasteiger partial charge in [-0.1, -0.05) is 32.9 Å². The molecular formula is C12H20N2O2S. The highest BCUT2D eigenvalue weighted by atomic mass is 32.2. The Hall–Kier alpha value is -1.07. The van der Waals surface area contributed by atoms with Crippen LogP contribution in [-0.2, 0) is 15.8 Å². The summed E-state index contributed by atoms with van der Waals surface area (Å²) in [6, 6.07) is 6.86. The lowest BCUT2D eigenvalue weighted by Crippen LogP contribution is -2.33. The van der Waals surface area contributed by atoms with Crippen LogP contribution in [0.5, 0.6) is 0 Å². The van der Waals surface area contributed by atoms with Gasteiger partial charge in [0.25, 0.3) is 0 Å². The van der Waals surface area contributed by atoms with Gasteiger partial charge >= 0.3 is 0 Å². The Bertz CT molecular complexity index is 458. The molecule has 17 heavy (non-hydrogen) atoms. The second-order valence-electron chi connectivity index (χ2n) is 5.38. The monoisotopic (exact) mass is 256 g/mol. The minimum atomic E-state index is -3.27. The van der Waals surface area contributed by atoms with Gasteiger partial charge in [0.05, 0.1) is 5.75 Å².